The lowest BCUT2D eigenvalue weighted by molar-refractivity contribution is 0.0954. The largest absolute Gasteiger partial charge is 0.494 e. The summed E-state index contributed by atoms with van der Waals surface area (Å²) in [6, 6.07) is 20.2. The summed E-state index contributed by atoms with van der Waals surface area (Å²) in [5.74, 6) is 2.66. The molecule has 0 spiro atoms. The summed E-state index contributed by atoms with van der Waals surface area (Å²) in [7, 11) is 0. The average molecular weight is 432 g/mol. The summed E-state index contributed by atoms with van der Waals surface area (Å²) >= 11 is 0. The SMILES string of the molecule is CCOc1ccc(OCc2ccc(C(=O)N/N=C(\C)c3ccc4c(c3)OCO4)cc2)cc1. The molecule has 0 bridgehead atoms. The van der Waals surface area contributed by atoms with E-state index in [4.69, 9.17) is 18.9 Å². The number of nitrogens with zero attached hydrogens (tertiary/aromatic N) is 1. The van der Waals surface area contributed by atoms with Crippen molar-refractivity contribution in [3.8, 4) is 23.0 Å². The van der Waals surface area contributed by atoms with Gasteiger partial charge in [-0.2, -0.15) is 5.10 Å². The Labute approximate surface area is 186 Å². The number of hydrogen-bond donors (Lipinski definition) is 1. The van der Waals surface area contributed by atoms with Crippen molar-refractivity contribution < 1.29 is 23.7 Å². The van der Waals surface area contributed by atoms with Crippen molar-refractivity contribution in [2.45, 2.75) is 20.5 Å². The van der Waals surface area contributed by atoms with Crippen LogP contribution < -0.4 is 24.4 Å². The summed E-state index contributed by atoms with van der Waals surface area (Å²) in [5, 5.41) is 4.20. The van der Waals surface area contributed by atoms with Crippen LogP contribution in [0.3, 0.4) is 0 Å². The molecule has 1 N–H and O–H groups in total. The van der Waals surface area contributed by atoms with E-state index in [1.165, 1.54) is 0 Å². The van der Waals surface area contributed by atoms with E-state index in [1.54, 1.807) is 12.1 Å². The number of hydrazone groups is 1. The Bertz CT molecular complexity index is 1110. The van der Waals surface area contributed by atoms with Crippen molar-refractivity contribution in [3.63, 3.8) is 0 Å². The lowest BCUT2D eigenvalue weighted by atomic mass is 10.1. The van der Waals surface area contributed by atoms with Gasteiger partial charge in [-0.3, -0.25) is 4.79 Å². The Balaban J connectivity index is 1.31. The quantitative estimate of drug-likeness (QED) is 0.417. The lowest BCUT2D eigenvalue weighted by Gasteiger charge is -2.08. The number of benzene rings is 3. The summed E-state index contributed by atoms with van der Waals surface area (Å²) in [6.45, 7) is 5.01. The first-order valence-corrected chi connectivity index (χ1v) is 10.3. The van der Waals surface area contributed by atoms with Crippen molar-refractivity contribution in [3.05, 3.63) is 83.4 Å². The van der Waals surface area contributed by atoms with Crippen molar-refractivity contribution in [2.75, 3.05) is 13.4 Å². The van der Waals surface area contributed by atoms with Crippen molar-refractivity contribution in [1.29, 1.82) is 0 Å². The van der Waals surface area contributed by atoms with Crippen LogP contribution in [-0.2, 0) is 6.61 Å². The molecule has 164 valence electrons. The molecular weight excluding hydrogens is 408 g/mol. The van der Waals surface area contributed by atoms with Crippen molar-refractivity contribution in [2.24, 2.45) is 5.10 Å². The van der Waals surface area contributed by atoms with E-state index < -0.39 is 0 Å². The Morgan fingerprint density at radius 2 is 1.56 bits per heavy atom. The fourth-order valence-corrected chi connectivity index (χ4v) is 3.10. The molecule has 0 saturated carbocycles. The zero-order valence-electron chi connectivity index (χ0n) is 18.0. The highest BCUT2D eigenvalue weighted by Gasteiger charge is 2.14. The summed E-state index contributed by atoms with van der Waals surface area (Å²) in [4.78, 5) is 12.4. The summed E-state index contributed by atoms with van der Waals surface area (Å²) in [6.07, 6.45) is 0. The number of hydrogen-bond acceptors (Lipinski definition) is 6. The number of carbonyl (C=O) groups is 1. The molecule has 3 aromatic carbocycles. The topological polar surface area (TPSA) is 78.4 Å². The van der Waals surface area contributed by atoms with Crippen molar-refractivity contribution in [1.82, 2.24) is 5.43 Å². The van der Waals surface area contributed by atoms with Crippen LogP contribution in [0.2, 0.25) is 0 Å². The third kappa shape index (κ3) is 5.18. The van der Waals surface area contributed by atoms with E-state index in [0.717, 1.165) is 22.6 Å². The zero-order valence-corrected chi connectivity index (χ0v) is 18.0. The first-order valence-electron chi connectivity index (χ1n) is 10.3. The maximum absolute atomic E-state index is 12.4. The summed E-state index contributed by atoms with van der Waals surface area (Å²) < 4.78 is 21.9. The van der Waals surface area contributed by atoms with Crippen molar-refractivity contribution >= 4 is 11.6 Å². The van der Waals surface area contributed by atoms with Gasteiger partial charge in [0.25, 0.3) is 5.91 Å². The second-order valence-corrected chi connectivity index (χ2v) is 7.10. The Hall–Kier alpha value is -4.00. The van der Waals surface area contributed by atoms with E-state index in [-0.39, 0.29) is 12.7 Å². The van der Waals surface area contributed by atoms with Crippen LogP contribution in [0, 0.1) is 0 Å². The molecule has 4 rings (SSSR count). The van der Waals surface area contributed by atoms with Gasteiger partial charge in [-0.15, -0.1) is 0 Å². The number of fused-ring (bicyclic) bond motifs is 1. The van der Waals surface area contributed by atoms with Gasteiger partial charge in [0.05, 0.1) is 12.3 Å². The Morgan fingerprint density at radius 1 is 0.906 bits per heavy atom. The van der Waals surface area contributed by atoms with E-state index in [2.05, 4.69) is 10.5 Å². The van der Waals surface area contributed by atoms with E-state index in [0.29, 0.717) is 36.0 Å². The average Bonchev–Trinajstić information content (AvgIpc) is 3.30. The molecule has 1 amide bonds. The minimum atomic E-state index is -0.288. The molecule has 0 aliphatic carbocycles. The standard InChI is InChI=1S/C25H24N2O5/c1-3-29-21-9-11-22(12-10-21)30-15-18-4-6-19(7-5-18)25(28)27-26-17(2)20-8-13-23-24(14-20)32-16-31-23/h4-14H,3,15-16H2,1-2H3,(H,27,28)/b26-17+. The van der Waals surface area contributed by atoms with E-state index >= 15 is 0 Å². The van der Waals surface area contributed by atoms with E-state index in [9.17, 15) is 4.79 Å². The molecule has 3 aromatic rings. The molecule has 1 heterocycles. The predicted molar refractivity (Wildman–Crippen MR) is 121 cm³/mol. The molecule has 1 aliphatic heterocycles. The van der Waals surface area contributed by atoms with Gasteiger partial charge in [-0.25, -0.2) is 5.43 Å². The highest BCUT2D eigenvalue weighted by atomic mass is 16.7. The third-order valence-electron chi connectivity index (χ3n) is 4.87. The number of rotatable bonds is 8. The fraction of sp³-hybridized carbons (Fsp3) is 0.200. The van der Waals surface area contributed by atoms with Gasteiger partial charge < -0.3 is 18.9 Å². The van der Waals surface area contributed by atoms with Crippen LogP contribution >= 0.6 is 0 Å². The van der Waals surface area contributed by atoms with Crippen LogP contribution in [0.1, 0.15) is 35.3 Å². The second-order valence-electron chi connectivity index (χ2n) is 7.10. The Kier molecular flexibility index (Phi) is 6.55. The minimum Gasteiger partial charge on any atom is -0.494 e. The highest BCUT2D eigenvalue weighted by Crippen LogP contribution is 2.32. The van der Waals surface area contributed by atoms with Gasteiger partial charge in [0.15, 0.2) is 11.5 Å². The molecule has 32 heavy (non-hydrogen) atoms. The van der Waals surface area contributed by atoms with Crippen LogP contribution in [0.15, 0.2) is 71.8 Å². The van der Waals surface area contributed by atoms with Gasteiger partial charge in [-0.1, -0.05) is 12.1 Å². The van der Waals surface area contributed by atoms with Gasteiger partial charge in [0, 0.05) is 11.1 Å². The molecule has 0 aromatic heterocycles. The third-order valence-corrected chi connectivity index (χ3v) is 4.87. The number of amides is 1. The predicted octanol–water partition coefficient (Wildman–Crippen LogP) is 4.55. The van der Waals surface area contributed by atoms with Crippen LogP contribution in [0.25, 0.3) is 0 Å². The first kappa shape index (κ1) is 21.2. The number of carbonyl (C=O) groups excluding carboxylic acids is 1. The number of nitrogens with one attached hydrogen (secondary N) is 1. The zero-order chi connectivity index (χ0) is 22.3. The van der Waals surface area contributed by atoms with Gasteiger partial charge in [-0.05, 0) is 74.0 Å². The molecule has 0 radical (unpaired) electrons. The molecular formula is C25H24N2O5. The van der Waals surface area contributed by atoms with Crippen LogP contribution in [-0.4, -0.2) is 25.0 Å². The lowest BCUT2D eigenvalue weighted by Crippen LogP contribution is -2.19. The van der Waals surface area contributed by atoms with Gasteiger partial charge >= 0.3 is 0 Å². The van der Waals surface area contributed by atoms with Crippen LogP contribution in [0.4, 0.5) is 0 Å². The fourth-order valence-electron chi connectivity index (χ4n) is 3.10. The van der Waals surface area contributed by atoms with E-state index in [1.807, 2.05) is 68.4 Å². The highest BCUT2D eigenvalue weighted by molar-refractivity contribution is 6.01. The summed E-state index contributed by atoms with van der Waals surface area (Å²) in [5.41, 5.74) is 5.56. The minimum absolute atomic E-state index is 0.215. The first-order chi connectivity index (χ1) is 15.6. The molecule has 0 saturated heterocycles. The molecule has 0 atom stereocenters. The monoisotopic (exact) mass is 432 g/mol. The normalized spacial score (nSPS) is 12.4. The van der Waals surface area contributed by atoms with Gasteiger partial charge in [0.1, 0.15) is 18.1 Å². The molecule has 7 nitrogen and oxygen atoms in total. The maximum atomic E-state index is 12.4. The molecule has 1 aliphatic rings. The molecule has 0 unspecified atom stereocenters. The smallest absolute Gasteiger partial charge is 0.271 e. The van der Waals surface area contributed by atoms with Gasteiger partial charge in [0.2, 0.25) is 6.79 Å². The second kappa shape index (κ2) is 9.87. The molecule has 0 fully saturated rings. The number of ether oxygens (including phenoxy) is 4. The Morgan fingerprint density at radius 3 is 2.28 bits per heavy atom. The maximum Gasteiger partial charge on any atom is 0.271 e. The molecule has 7 heteroatoms. The van der Waals surface area contributed by atoms with Crippen LogP contribution in [0.5, 0.6) is 23.0 Å².